The first-order valence-corrected chi connectivity index (χ1v) is 14.7. The first kappa shape index (κ1) is 26.8. The third-order valence-corrected chi connectivity index (χ3v) is 11.5. The molecule has 0 aliphatic heterocycles. The molecule has 2 aromatic rings. The van der Waals surface area contributed by atoms with Gasteiger partial charge in [0, 0.05) is 12.6 Å². The summed E-state index contributed by atoms with van der Waals surface area (Å²) < 4.78 is 5.53. The molecule has 6 nitrogen and oxygen atoms in total. The van der Waals surface area contributed by atoms with Crippen LogP contribution in [0.4, 0.5) is 0 Å². The Balaban J connectivity index is 1.28. The highest BCUT2D eigenvalue weighted by atomic mass is 16.4. The van der Waals surface area contributed by atoms with Crippen molar-refractivity contribution in [1.82, 2.24) is 9.97 Å². The minimum absolute atomic E-state index is 0.127. The SMILES string of the molecule is C[C@H](CCc1nc2cnccc2c(=O)o1)[C@H]1CC[C@@H](C)[C@]1(C)[C@@H](O)CC1CCC[C@@H]2C[C@H](O)CC[C@]12C. The molecule has 0 radical (unpaired) electrons. The summed E-state index contributed by atoms with van der Waals surface area (Å²) in [5.74, 6) is 2.88. The third kappa shape index (κ3) is 4.89. The van der Waals surface area contributed by atoms with Crippen molar-refractivity contribution in [3.05, 3.63) is 34.8 Å². The summed E-state index contributed by atoms with van der Waals surface area (Å²) in [5.41, 5.74) is 0.356. The normalized spacial score (nSPS) is 37.8. The number of nitrogens with zero attached hydrogens (tertiary/aromatic N) is 2. The molecular formula is C31H46N2O4. The molecule has 6 heteroatoms. The van der Waals surface area contributed by atoms with Gasteiger partial charge in [-0.15, -0.1) is 0 Å². The number of hydrogen-bond donors (Lipinski definition) is 2. The first-order valence-electron chi connectivity index (χ1n) is 14.7. The second-order valence-corrected chi connectivity index (χ2v) is 13.3. The Morgan fingerprint density at radius 2 is 2.00 bits per heavy atom. The zero-order valence-electron chi connectivity index (χ0n) is 23.2. The van der Waals surface area contributed by atoms with Crippen LogP contribution in [-0.4, -0.2) is 32.4 Å². The van der Waals surface area contributed by atoms with Crippen LogP contribution in [0.5, 0.6) is 0 Å². The van der Waals surface area contributed by atoms with E-state index in [1.54, 1.807) is 18.5 Å². The zero-order chi connectivity index (χ0) is 26.4. The molecule has 2 heterocycles. The maximum Gasteiger partial charge on any atom is 0.346 e. The average molecular weight is 511 g/mol. The number of pyridine rings is 1. The molecule has 3 saturated carbocycles. The van der Waals surface area contributed by atoms with Gasteiger partial charge in [-0.2, -0.15) is 0 Å². The summed E-state index contributed by atoms with van der Waals surface area (Å²) in [4.78, 5) is 21.0. The summed E-state index contributed by atoms with van der Waals surface area (Å²) in [6, 6.07) is 1.65. The molecule has 3 aliphatic rings. The van der Waals surface area contributed by atoms with Crippen molar-refractivity contribution in [2.45, 2.75) is 111 Å². The lowest BCUT2D eigenvalue weighted by atomic mass is 9.53. The van der Waals surface area contributed by atoms with E-state index < -0.39 is 0 Å². The van der Waals surface area contributed by atoms with Gasteiger partial charge in [-0.1, -0.05) is 34.1 Å². The number of hydrogen-bond acceptors (Lipinski definition) is 6. The molecule has 5 rings (SSSR count). The maximum absolute atomic E-state index is 12.4. The molecule has 2 N–H and O–H groups in total. The molecule has 0 saturated heterocycles. The maximum atomic E-state index is 12.4. The fraction of sp³-hybridized carbons (Fsp3) is 0.774. The monoisotopic (exact) mass is 510 g/mol. The number of aliphatic hydroxyl groups excluding tert-OH is 2. The lowest BCUT2D eigenvalue weighted by Gasteiger charge is -2.53. The molecule has 0 amide bonds. The number of aromatic nitrogens is 2. The van der Waals surface area contributed by atoms with E-state index in [0.29, 0.717) is 52.8 Å². The van der Waals surface area contributed by atoms with E-state index in [2.05, 4.69) is 37.7 Å². The predicted octanol–water partition coefficient (Wildman–Crippen LogP) is 5.92. The highest BCUT2D eigenvalue weighted by Crippen LogP contribution is 2.58. The number of rotatable bonds is 7. The van der Waals surface area contributed by atoms with Gasteiger partial charge in [0.1, 0.15) is 0 Å². The second kappa shape index (κ2) is 10.4. The molecule has 0 aromatic carbocycles. The van der Waals surface area contributed by atoms with Crippen molar-refractivity contribution >= 4 is 10.9 Å². The van der Waals surface area contributed by atoms with Gasteiger partial charge in [0.2, 0.25) is 0 Å². The summed E-state index contributed by atoms with van der Waals surface area (Å²) in [6.45, 7) is 9.41. The lowest BCUT2D eigenvalue weighted by molar-refractivity contribution is -0.0932. The van der Waals surface area contributed by atoms with E-state index in [9.17, 15) is 15.0 Å². The third-order valence-electron chi connectivity index (χ3n) is 11.5. The minimum Gasteiger partial charge on any atom is -0.408 e. The van der Waals surface area contributed by atoms with Gasteiger partial charge < -0.3 is 14.6 Å². The van der Waals surface area contributed by atoms with Crippen LogP contribution in [0.1, 0.15) is 97.8 Å². The van der Waals surface area contributed by atoms with E-state index in [-0.39, 0.29) is 28.7 Å². The summed E-state index contributed by atoms with van der Waals surface area (Å²) in [5, 5.41) is 22.7. The Morgan fingerprint density at radius 3 is 2.81 bits per heavy atom. The van der Waals surface area contributed by atoms with Gasteiger partial charge in [-0.3, -0.25) is 4.98 Å². The lowest BCUT2D eigenvalue weighted by Crippen LogP contribution is -2.49. The predicted molar refractivity (Wildman–Crippen MR) is 145 cm³/mol. The topological polar surface area (TPSA) is 96.5 Å². The van der Waals surface area contributed by atoms with Crippen molar-refractivity contribution in [2.24, 2.45) is 40.4 Å². The van der Waals surface area contributed by atoms with Crippen molar-refractivity contribution in [2.75, 3.05) is 0 Å². The molecule has 0 bridgehead atoms. The Labute approximate surface area is 221 Å². The molecule has 9 atom stereocenters. The van der Waals surface area contributed by atoms with E-state index >= 15 is 0 Å². The minimum atomic E-state index is -0.348. The number of aliphatic hydroxyl groups is 2. The van der Waals surface area contributed by atoms with Crippen LogP contribution >= 0.6 is 0 Å². The van der Waals surface area contributed by atoms with Gasteiger partial charge >= 0.3 is 5.63 Å². The Kier molecular flexibility index (Phi) is 7.54. The molecule has 3 aliphatic carbocycles. The Bertz CT molecular complexity index is 1150. The van der Waals surface area contributed by atoms with E-state index in [1.807, 2.05) is 0 Å². The Hall–Kier alpha value is -1.79. The summed E-state index contributed by atoms with van der Waals surface area (Å²) in [7, 11) is 0. The molecule has 37 heavy (non-hydrogen) atoms. The summed E-state index contributed by atoms with van der Waals surface area (Å²) >= 11 is 0. The highest BCUT2D eigenvalue weighted by Gasteiger charge is 2.53. The van der Waals surface area contributed by atoms with Crippen LogP contribution in [-0.2, 0) is 6.42 Å². The van der Waals surface area contributed by atoms with E-state index in [1.165, 1.54) is 19.3 Å². The van der Waals surface area contributed by atoms with Crippen LogP contribution in [0, 0.1) is 40.4 Å². The molecular weight excluding hydrogens is 464 g/mol. The van der Waals surface area contributed by atoms with E-state index in [0.717, 1.165) is 44.9 Å². The van der Waals surface area contributed by atoms with Gasteiger partial charge in [0.05, 0.1) is 29.3 Å². The van der Waals surface area contributed by atoms with Gasteiger partial charge in [-0.25, -0.2) is 9.78 Å². The van der Waals surface area contributed by atoms with Crippen LogP contribution < -0.4 is 5.63 Å². The van der Waals surface area contributed by atoms with Crippen molar-refractivity contribution in [3.8, 4) is 0 Å². The standard InChI is InChI=1S/C31H46N2O4/c1-19(8-11-28-33-26-18-32-15-13-24(26)29(36)37-28)25-10-9-20(2)31(25,4)27(35)17-22-7-5-6-21-16-23(34)12-14-30(21,22)3/h13,15,18-23,25,27,34-35H,5-12,14,16-17H2,1-4H3/t19-,20-,21-,22?,23-,25-,27+,30+,31+/m1/s1. The number of fused-ring (bicyclic) bond motifs is 2. The van der Waals surface area contributed by atoms with Gasteiger partial charge in [-0.05, 0) is 104 Å². The van der Waals surface area contributed by atoms with Crippen LogP contribution in [0.15, 0.2) is 27.7 Å². The average Bonchev–Trinajstić information content (AvgIpc) is 3.19. The van der Waals surface area contributed by atoms with Crippen molar-refractivity contribution in [3.63, 3.8) is 0 Å². The number of aryl methyl sites for hydroxylation is 1. The van der Waals surface area contributed by atoms with Crippen LogP contribution in [0.3, 0.4) is 0 Å². The smallest absolute Gasteiger partial charge is 0.346 e. The van der Waals surface area contributed by atoms with Gasteiger partial charge in [0.15, 0.2) is 5.89 Å². The zero-order valence-corrected chi connectivity index (χ0v) is 23.2. The van der Waals surface area contributed by atoms with Crippen molar-refractivity contribution in [1.29, 1.82) is 0 Å². The largest absolute Gasteiger partial charge is 0.408 e. The first-order chi connectivity index (χ1) is 17.6. The second-order valence-electron chi connectivity index (χ2n) is 13.3. The van der Waals surface area contributed by atoms with Gasteiger partial charge in [0.25, 0.3) is 0 Å². The van der Waals surface area contributed by atoms with Crippen molar-refractivity contribution < 1.29 is 14.6 Å². The molecule has 1 unspecified atom stereocenters. The van der Waals surface area contributed by atoms with E-state index in [4.69, 9.17) is 4.42 Å². The summed E-state index contributed by atoms with van der Waals surface area (Å²) in [6.07, 6.45) is 14.0. The fourth-order valence-corrected chi connectivity index (χ4v) is 8.75. The molecule has 204 valence electrons. The molecule has 2 aromatic heterocycles. The molecule has 3 fully saturated rings. The Morgan fingerprint density at radius 1 is 1.19 bits per heavy atom. The van der Waals surface area contributed by atoms with Crippen LogP contribution in [0.2, 0.25) is 0 Å². The quantitative estimate of drug-likeness (QED) is 0.480. The fourth-order valence-electron chi connectivity index (χ4n) is 8.75. The van der Waals surface area contributed by atoms with Crippen LogP contribution in [0.25, 0.3) is 10.9 Å². The highest BCUT2D eigenvalue weighted by molar-refractivity contribution is 5.75. The molecule has 0 spiro atoms.